The second-order valence-electron chi connectivity index (χ2n) is 8.37. The first-order valence-corrected chi connectivity index (χ1v) is 14.6. The molecule has 0 spiro atoms. The first kappa shape index (κ1) is 27.4. The average molecular weight is 519 g/mol. The van der Waals surface area contributed by atoms with Crippen LogP contribution in [0.3, 0.4) is 0 Å². The third-order valence-electron chi connectivity index (χ3n) is 5.73. The number of aryl methyl sites for hydroxylation is 1. The van der Waals surface area contributed by atoms with Gasteiger partial charge < -0.3 is 20.9 Å². The van der Waals surface area contributed by atoms with Crippen molar-refractivity contribution < 1.29 is 22.7 Å². The van der Waals surface area contributed by atoms with Crippen LogP contribution in [0.15, 0.2) is 53.4 Å². The van der Waals surface area contributed by atoms with Crippen molar-refractivity contribution in [2.75, 3.05) is 43.6 Å². The number of ether oxygens (including phenoxy) is 2. The molecule has 9 heteroatoms. The van der Waals surface area contributed by atoms with Crippen LogP contribution in [0.2, 0.25) is 0 Å². The summed E-state index contributed by atoms with van der Waals surface area (Å²) in [6, 6.07) is 16.1. The van der Waals surface area contributed by atoms with Gasteiger partial charge in [0, 0.05) is 17.2 Å². The number of allylic oxidation sites excluding steroid dienone is 1. The molecule has 0 radical (unpaired) electrons. The lowest BCUT2D eigenvalue weighted by Crippen LogP contribution is -2.39. The van der Waals surface area contributed by atoms with E-state index < -0.39 is 21.8 Å². The number of thioether (sulfide) groups is 1. The highest BCUT2D eigenvalue weighted by atomic mass is 32.2. The zero-order valence-electron chi connectivity index (χ0n) is 19.9. The number of benzene rings is 2. The van der Waals surface area contributed by atoms with Crippen molar-refractivity contribution in [3.8, 4) is 0 Å². The van der Waals surface area contributed by atoms with Crippen molar-refractivity contribution in [1.82, 2.24) is 0 Å². The van der Waals surface area contributed by atoms with E-state index in [0.29, 0.717) is 5.75 Å². The molecule has 0 aliphatic heterocycles. The monoisotopic (exact) mass is 518 g/mol. The van der Waals surface area contributed by atoms with Gasteiger partial charge in [-0.05, 0) is 53.7 Å². The van der Waals surface area contributed by atoms with Crippen molar-refractivity contribution in [3.63, 3.8) is 0 Å². The van der Waals surface area contributed by atoms with E-state index >= 15 is 0 Å². The minimum atomic E-state index is -3.23. The van der Waals surface area contributed by atoms with E-state index in [0.717, 1.165) is 24.2 Å². The summed E-state index contributed by atoms with van der Waals surface area (Å²) < 4.78 is 34.7. The van der Waals surface area contributed by atoms with Crippen LogP contribution in [0.1, 0.15) is 29.5 Å². The van der Waals surface area contributed by atoms with Crippen LogP contribution in [0.4, 0.5) is 0 Å². The molecule has 0 heterocycles. The summed E-state index contributed by atoms with van der Waals surface area (Å²) in [6.45, 7) is 0.192. The molecule has 0 amide bonds. The van der Waals surface area contributed by atoms with Gasteiger partial charge in [0.2, 0.25) is 0 Å². The first-order chi connectivity index (χ1) is 16.9. The normalized spacial score (nSPS) is 14.5. The van der Waals surface area contributed by atoms with E-state index in [-0.39, 0.29) is 37.9 Å². The fourth-order valence-electron chi connectivity index (χ4n) is 3.71. The number of fused-ring (bicyclic) bond motifs is 1. The SMILES string of the molecule is NCC(N)C(=O)OCCOCCS(=O)(=O)CCSc1ccc(C2=Cc3ccccc3CCC2)cc1. The van der Waals surface area contributed by atoms with Crippen LogP contribution in [0.25, 0.3) is 11.6 Å². The predicted molar refractivity (Wildman–Crippen MR) is 142 cm³/mol. The topological polar surface area (TPSA) is 122 Å². The van der Waals surface area contributed by atoms with Crippen LogP contribution in [0.5, 0.6) is 0 Å². The molecule has 0 saturated carbocycles. The largest absolute Gasteiger partial charge is 0.462 e. The van der Waals surface area contributed by atoms with Gasteiger partial charge in [-0.2, -0.15) is 0 Å². The Labute approximate surface area is 212 Å². The van der Waals surface area contributed by atoms with Crippen molar-refractivity contribution in [2.45, 2.75) is 30.2 Å². The molecule has 7 nitrogen and oxygen atoms in total. The molecule has 0 aromatic heterocycles. The molecule has 1 aliphatic carbocycles. The van der Waals surface area contributed by atoms with Crippen LogP contribution in [-0.4, -0.2) is 64.1 Å². The van der Waals surface area contributed by atoms with Crippen molar-refractivity contribution >= 4 is 39.2 Å². The van der Waals surface area contributed by atoms with E-state index in [2.05, 4.69) is 54.6 Å². The van der Waals surface area contributed by atoms with Crippen LogP contribution >= 0.6 is 11.8 Å². The number of carbonyl (C=O) groups is 1. The van der Waals surface area contributed by atoms with Crippen molar-refractivity contribution in [2.24, 2.45) is 11.5 Å². The maximum atomic E-state index is 12.3. The molecule has 1 atom stereocenters. The third kappa shape index (κ3) is 9.09. The molecule has 0 saturated heterocycles. The third-order valence-corrected chi connectivity index (χ3v) is 8.62. The van der Waals surface area contributed by atoms with E-state index in [9.17, 15) is 13.2 Å². The Bertz CT molecular complexity index is 1100. The summed E-state index contributed by atoms with van der Waals surface area (Å²) in [5.41, 5.74) is 16.0. The molecule has 1 unspecified atom stereocenters. The highest BCUT2D eigenvalue weighted by Crippen LogP contribution is 2.30. The Morgan fingerprint density at radius 3 is 2.54 bits per heavy atom. The number of nitrogens with two attached hydrogens (primary N) is 2. The zero-order chi connectivity index (χ0) is 25.1. The summed E-state index contributed by atoms with van der Waals surface area (Å²) in [5, 5.41) is 0. The summed E-state index contributed by atoms with van der Waals surface area (Å²) >= 11 is 1.53. The predicted octanol–water partition coefficient (Wildman–Crippen LogP) is 2.92. The smallest absolute Gasteiger partial charge is 0.324 e. The van der Waals surface area contributed by atoms with Gasteiger partial charge in [0.15, 0.2) is 9.84 Å². The molecule has 190 valence electrons. The first-order valence-electron chi connectivity index (χ1n) is 11.8. The minimum absolute atomic E-state index is 0.00714. The van der Waals surface area contributed by atoms with Crippen LogP contribution in [-0.2, 0) is 30.5 Å². The van der Waals surface area contributed by atoms with E-state index in [1.54, 1.807) is 0 Å². The standard InChI is InChI=1S/C26H34N2O5S2/c27-19-25(28)26(29)33-13-12-32-14-16-35(30,31)17-15-34-24-10-8-21(9-11-24)23-7-3-6-20-4-1-2-5-22(20)18-23/h1-2,4-5,8-11,18,25H,3,6-7,12-17,19,27-28H2. The maximum absolute atomic E-state index is 12.3. The van der Waals surface area contributed by atoms with Gasteiger partial charge in [-0.25, -0.2) is 8.42 Å². The molecular formula is C26H34N2O5S2. The number of rotatable bonds is 13. The number of hydrogen-bond acceptors (Lipinski definition) is 8. The molecule has 0 bridgehead atoms. The van der Waals surface area contributed by atoms with E-state index in [4.69, 9.17) is 20.9 Å². The van der Waals surface area contributed by atoms with E-state index in [1.807, 2.05) is 0 Å². The Hall–Kier alpha value is -2.17. The van der Waals surface area contributed by atoms with Crippen LogP contribution in [0, 0.1) is 0 Å². The fourth-order valence-corrected chi connectivity index (χ4v) is 6.19. The zero-order valence-corrected chi connectivity index (χ0v) is 21.5. The quantitative estimate of drug-likeness (QED) is 0.236. The number of esters is 1. The molecule has 1 aliphatic rings. The number of hydrogen-bond donors (Lipinski definition) is 2. The minimum Gasteiger partial charge on any atom is -0.462 e. The molecule has 4 N–H and O–H groups in total. The van der Waals surface area contributed by atoms with Gasteiger partial charge in [-0.3, -0.25) is 4.79 Å². The molecule has 3 rings (SSSR count). The summed E-state index contributed by atoms with van der Waals surface area (Å²) in [5.74, 6) is -0.111. The lowest BCUT2D eigenvalue weighted by molar-refractivity contribution is -0.146. The maximum Gasteiger partial charge on any atom is 0.324 e. The molecular weight excluding hydrogens is 484 g/mol. The van der Waals surface area contributed by atoms with Gasteiger partial charge in [-0.1, -0.05) is 42.5 Å². The Morgan fingerprint density at radius 2 is 1.77 bits per heavy atom. The highest BCUT2D eigenvalue weighted by molar-refractivity contribution is 8.00. The Kier molecular flexibility index (Phi) is 10.8. The number of carbonyl (C=O) groups excluding carboxylic acids is 1. The van der Waals surface area contributed by atoms with Gasteiger partial charge in [0.25, 0.3) is 0 Å². The second-order valence-corrected chi connectivity index (χ2v) is 11.8. The summed E-state index contributed by atoms with van der Waals surface area (Å²) in [6.07, 6.45) is 5.57. The Morgan fingerprint density at radius 1 is 1.00 bits per heavy atom. The van der Waals surface area contributed by atoms with Crippen LogP contribution < -0.4 is 11.5 Å². The van der Waals surface area contributed by atoms with Gasteiger partial charge in [0.05, 0.1) is 24.7 Å². The van der Waals surface area contributed by atoms with Crippen molar-refractivity contribution in [3.05, 3.63) is 65.2 Å². The lowest BCUT2D eigenvalue weighted by atomic mass is 10.0. The lowest BCUT2D eigenvalue weighted by Gasteiger charge is -2.10. The highest BCUT2D eigenvalue weighted by Gasteiger charge is 2.14. The van der Waals surface area contributed by atoms with Gasteiger partial charge >= 0.3 is 5.97 Å². The van der Waals surface area contributed by atoms with E-state index in [1.165, 1.54) is 34.0 Å². The second kappa shape index (κ2) is 13.8. The fraction of sp³-hybridized carbons (Fsp3) is 0.423. The molecule has 2 aromatic carbocycles. The van der Waals surface area contributed by atoms with Gasteiger partial charge in [0.1, 0.15) is 12.6 Å². The van der Waals surface area contributed by atoms with Gasteiger partial charge in [-0.15, -0.1) is 11.8 Å². The summed E-state index contributed by atoms with van der Waals surface area (Å²) in [7, 11) is -3.23. The van der Waals surface area contributed by atoms with Crippen molar-refractivity contribution in [1.29, 1.82) is 0 Å². The molecule has 0 fully saturated rings. The average Bonchev–Trinajstić information content (AvgIpc) is 3.08. The Balaban J connectivity index is 1.38. The molecule has 2 aromatic rings. The summed E-state index contributed by atoms with van der Waals surface area (Å²) in [4.78, 5) is 12.4. The number of sulfone groups is 1. The molecule has 35 heavy (non-hydrogen) atoms.